The quantitative estimate of drug-likeness (QED) is 0.736. The lowest BCUT2D eigenvalue weighted by molar-refractivity contribution is 0.297. The summed E-state index contributed by atoms with van der Waals surface area (Å²) < 4.78 is 40.6. The Morgan fingerprint density at radius 1 is 1.12 bits per heavy atom. The summed E-state index contributed by atoms with van der Waals surface area (Å²) in [5, 5.41) is 0.578. The van der Waals surface area contributed by atoms with Crippen molar-refractivity contribution >= 4 is 27.3 Å². The summed E-state index contributed by atoms with van der Waals surface area (Å²) in [6, 6.07) is 8.09. The SMILES string of the molecule is O=S(=O)(NCc1cn2cc(Cl)ccc2n1)c1ccc2c(c1)OCCCO2. The van der Waals surface area contributed by atoms with Gasteiger partial charge in [0.05, 0.1) is 35.4 Å². The third-order valence-electron chi connectivity index (χ3n) is 3.94. The molecule has 7 nitrogen and oxygen atoms in total. The lowest BCUT2D eigenvalue weighted by atomic mass is 10.3. The van der Waals surface area contributed by atoms with E-state index in [9.17, 15) is 8.42 Å². The van der Waals surface area contributed by atoms with Gasteiger partial charge in [0, 0.05) is 24.9 Å². The summed E-state index contributed by atoms with van der Waals surface area (Å²) in [4.78, 5) is 4.48. The summed E-state index contributed by atoms with van der Waals surface area (Å²) in [5.41, 5.74) is 1.28. The van der Waals surface area contributed by atoms with Crippen molar-refractivity contribution < 1.29 is 17.9 Å². The van der Waals surface area contributed by atoms with E-state index in [1.54, 1.807) is 35.0 Å². The van der Waals surface area contributed by atoms with Crippen molar-refractivity contribution in [2.45, 2.75) is 17.9 Å². The number of nitrogens with zero attached hydrogens (tertiary/aromatic N) is 2. The minimum Gasteiger partial charge on any atom is -0.490 e. The molecule has 0 bridgehead atoms. The minimum atomic E-state index is -3.71. The molecular weight excluding hydrogens is 378 g/mol. The van der Waals surface area contributed by atoms with Crippen LogP contribution in [0.5, 0.6) is 11.5 Å². The third kappa shape index (κ3) is 3.48. The highest BCUT2D eigenvalue weighted by Gasteiger charge is 2.19. The third-order valence-corrected chi connectivity index (χ3v) is 5.56. The second-order valence-electron chi connectivity index (χ2n) is 5.83. The Hall–Kier alpha value is -2.29. The van der Waals surface area contributed by atoms with Gasteiger partial charge in [-0.2, -0.15) is 0 Å². The molecule has 1 N–H and O–H groups in total. The number of nitrogens with one attached hydrogen (secondary N) is 1. The van der Waals surface area contributed by atoms with Crippen LogP contribution in [-0.2, 0) is 16.6 Å². The van der Waals surface area contributed by atoms with Gasteiger partial charge in [-0.1, -0.05) is 11.6 Å². The summed E-state index contributed by atoms with van der Waals surface area (Å²) in [6.07, 6.45) is 4.20. The first-order chi connectivity index (χ1) is 12.5. The molecule has 2 aromatic heterocycles. The fourth-order valence-corrected chi connectivity index (χ4v) is 3.85. The molecular formula is C17H16ClN3O4S. The van der Waals surface area contributed by atoms with Gasteiger partial charge in [-0.05, 0) is 24.3 Å². The van der Waals surface area contributed by atoms with Crippen LogP contribution in [0, 0.1) is 0 Å². The van der Waals surface area contributed by atoms with Crippen LogP contribution in [0.15, 0.2) is 47.6 Å². The van der Waals surface area contributed by atoms with Gasteiger partial charge in [-0.25, -0.2) is 18.1 Å². The van der Waals surface area contributed by atoms with Crippen LogP contribution < -0.4 is 14.2 Å². The highest BCUT2D eigenvalue weighted by molar-refractivity contribution is 7.89. The molecule has 1 aromatic carbocycles. The highest BCUT2D eigenvalue weighted by Crippen LogP contribution is 2.31. The van der Waals surface area contributed by atoms with Crippen molar-refractivity contribution in [2.24, 2.45) is 0 Å². The number of rotatable bonds is 4. The standard InChI is InChI=1S/C17H16ClN3O4S/c18-12-2-5-17-20-13(11-21(17)10-12)9-19-26(22,23)14-3-4-15-16(8-14)25-7-1-6-24-15/h2-5,8,10-11,19H,1,6-7,9H2. The van der Waals surface area contributed by atoms with Crippen LogP contribution in [0.2, 0.25) is 5.02 Å². The number of fused-ring (bicyclic) bond motifs is 2. The molecule has 0 amide bonds. The van der Waals surface area contributed by atoms with Crippen molar-refractivity contribution in [2.75, 3.05) is 13.2 Å². The maximum Gasteiger partial charge on any atom is 0.241 e. The van der Waals surface area contributed by atoms with Gasteiger partial charge in [0.2, 0.25) is 10.0 Å². The second-order valence-corrected chi connectivity index (χ2v) is 8.03. The Morgan fingerprint density at radius 3 is 2.77 bits per heavy atom. The van der Waals surface area contributed by atoms with Gasteiger partial charge in [-0.15, -0.1) is 0 Å². The van der Waals surface area contributed by atoms with Gasteiger partial charge in [0.1, 0.15) is 5.65 Å². The average Bonchev–Trinajstić information content (AvgIpc) is 2.87. The molecule has 0 unspecified atom stereocenters. The fraction of sp³-hybridized carbons (Fsp3) is 0.235. The smallest absolute Gasteiger partial charge is 0.241 e. The first-order valence-corrected chi connectivity index (χ1v) is 9.90. The van der Waals surface area contributed by atoms with Crippen LogP contribution in [0.3, 0.4) is 0 Å². The summed E-state index contributed by atoms with van der Waals surface area (Å²) in [6.45, 7) is 1.11. The van der Waals surface area contributed by atoms with Crippen LogP contribution in [0.4, 0.5) is 0 Å². The monoisotopic (exact) mass is 393 g/mol. The van der Waals surface area contributed by atoms with Crippen LogP contribution in [0.1, 0.15) is 12.1 Å². The van der Waals surface area contributed by atoms with E-state index in [0.717, 1.165) is 6.42 Å². The predicted molar refractivity (Wildman–Crippen MR) is 96.3 cm³/mol. The van der Waals surface area contributed by atoms with Gasteiger partial charge in [-0.3, -0.25) is 0 Å². The zero-order chi connectivity index (χ0) is 18.1. The molecule has 1 aliphatic rings. The summed E-state index contributed by atoms with van der Waals surface area (Å²) in [5.74, 6) is 0.992. The number of benzene rings is 1. The van der Waals surface area contributed by atoms with E-state index >= 15 is 0 Å². The Morgan fingerprint density at radius 2 is 1.92 bits per heavy atom. The molecule has 136 valence electrons. The van der Waals surface area contributed by atoms with Crippen LogP contribution in [-0.4, -0.2) is 31.0 Å². The van der Waals surface area contributed by atoms with E-state index in [4.69, 9.17) is 21.1 Å². The molecule has 3 aromatic rings. The van der Waals surface area contributed by atoms with E-state index < -0.39 is 10.0 Å². The molecule has 0 saturated heterocycles. The topological polar surface area (TPSA) is 81.9 Å². The van der Waals surface area contributed by atoms with Gasteiger partial charge >= 0.3 is 0 Å². The number of aromatic nitrogens is 2. The molecule has 3 heterocycles. The fourth-order valence-electron chi connectivity index (χ4n) is 2.67. The Balaban J connectivity index is 1.54. The van der Waals surface area contributed by atoms with Crippen molar-refractivity contribution in [3.05, 3.63) is 53.4 Å². The molecule has 0 atom stereocenters. The van der Waals surface area contributed by atoms with Crippen molar-refractivity contribution in [3.8, 4) is 11.5 Å². The average molecular weight is 394 g/mol. The molecule has 9 heteroatoms. The first kappa shape index (κ1) is 17.1. The largest absolute Gasteiger partial charge is 0.490 e. The maximum atomic E-state index is 12.6. The number of ether oxygens (including phenoxy) is 2. The van der Waals surface area contributed by atoms with Crippen LogP contribution in [0.25, 0.3) is 5.65 Å². The summed E-state index contributed by atoms with van der Waals surface area (Å²) in [7, 11) is -3.71. The molecule has 0 saturated carbocycles. The molecule has 4 rings (SSSR count). The Labute approximate surface area is 155 Å². The molecule has 0 aliphatic carbocycles. The van der Waals surface area contributed by atoms with Gasteiger partial charge in [0.15, 0.2) is 11.5 Å². The van der Waals surface area contributed by atoms with Crippen molar-refractivity contribution in [3.63, 3.8) is 0 Å². The number of halogens is 1. The number of hydrogen-bond donors (Lipinski definition) is 1. The number of pyridine rings is 1. The molecule has 0 spiro atoms. The minimum absolute atomic E-state index is 0.0655. The lowest BCUT2D eigenvalue weighted by Gasteiger charge is -2.10. The van der Waals surface area contributed by atoms with Gasteiger partial charge in [0.25, 0.3) is 0 Å². The van der Waals surface area contributed by atoms with E-state index in [1.807, 2.05) is 0 Å². The Kier molecular flexibility index (Phi) is 4.47. The molecule has 0 fully saturated rings. The van der Waals surface area contributed by atoms with E-state index in [-0.39, 0.29) is 11.4 Å². The normalized spacial score (nSPS) is 14.3. The lowest BCUT2D eigenvalue weighted by Crippen LogP contribution is -2.23. The van der Waals surface area contributed by atoms with E-state index in [2.05, 4.69) is 9.71 Å². The van der Waals surface area contributed by atoms with Crippen molar-refractivity contribution in [1.29, 1.82) is 0 Å². The number of sulfonamides is 1. The highest BCUT2D eigenvalue weighted by atomic mass is 35.5. The van der Waals surface area contributed by atoms with E-state index in [0.29, 0.717) is 41.1 Å². The zero-order valence-corrected chi connectivity index (χ0v) is 15.3. The zero-order valence-electron chi connectivity index (χ0n) is 13.7. The number of imidazole rings is 1. The summed E-state index contributed by atoms with van der Waals surface area (Å²) >= 11 is 5.95. The number of hydrogen-bond acceptors (Lipinski definition) is 5. The molecule has 0 radical (unpaired) electrons. The van der Waals surface area contributed by atoms with E-state index in [1.165, 1.54) is 12.1 Å². The van der Waals surface area contributed by atoms with Crippen molar-refractivity contribution in [1.82, 2.24) is 14.1 Å². The molecule has 1 aliphatic heterocycles. The second kappa shape index (κ2) is 6.79. The molecule has 26 heavy (non-hydrogen) atoms. The maximum absolute atomic E-state index is 12.6. The van der Waals surface area contributed by atoms with Gasteiger partial charge < -0.3 is 13.9 Å². The predicted octanol–water partition coefficient (Wildman–Crippen LogP) is 2.63. The Bertz CT molecular complexity index is 1070. The van der Waals surface area contributed by atoms with Crippen LogP contribution >= 0.6 is 11.6 Å². The first-order valence-electron chi connectivity index (χ1n) is 8.04.